The third-order valence-corrected chi connectivity index (χ3v) is 3.37. The quantitative estimate of drug-likeness (QED) is 0.745. The van der Waals surface area contributed by atoms with Crippen LogP contribution in [0.3, 0.4) is 0 Å². The molecule has 4 nitrogen and oxygen atoms in total. The molecule has 0 aliphatic heterocycles. The van der Waals surface area contributed by atoms with Crippen molar-refractivity contribution in [2.45, 2.75) is 25.9 Å². The van der Waals surface area contributed by atoms with E-state index < -0.39 is 0 Å². The van der Waals surface area contributed by atoms with Crippen molar-refractivity contribution in [3.05, 3.63) is 35.4 Å². The molecule has 4 heteroatoms. The first kappa shape index (κ1) is 16.1. The van der Waals surface area contributed by atoms with Crippen LogP contribution in [0.1, 0.15) is 24.1 Å². The average Bonchev–Trinajstić information content (AvgIpc) is 2.38. The first-order chi connectivity index (χ1) is 9.11. The maximum atomic E-state index is 9.26. The predicted octanol–water partition coefficient (Wildman–Crippen LogP) is 1.32. The molecule has 0 fully saturated rings. The molecule has 1 aromatic carbocycles. The summed E-state index contributed by atoms with van der Waals surface area (Å²) in [5.41, 5.74) is 8.63. The summed E-state index contributed by atoms with van der Waals surface area (Å²) < 4.78 is 5.15. The molecule has 1 rings (SSSR count). The number of ether oxygens (including phenoxy) is 1. The van der Waals surface area contributed by atoms with Crippen molar-refractivity contribution in [1.82, 2.24) is 4.90 Å². The van der Waals surface area contributed by atoms with Crippen LogP contribution in [0.4, 0.5) is 0 Å². The number of rotatable bonds is 8. The van der Waals surface area contributed by atoms with E-state index in [0.717, 1.165) is 6.54 Å². The van der Waals surface area contributed by atoms with E-state index in [1.807, 2.05) is 19.1 Å². The number of benzene rings is 1. The zero-order chi connectivity index (χ0) is 14.3. The minimum absolute atomic E-state index is 0.00972. The molecule has 1 aromatic rings. The summed E-state index contributed by atoms with van der Waals surface area (Å²) in [4.78, 5) is 2.19. The molecule has 0 aliphatic carbocycles. The van der Waals surface area contributed by atoms with Gasteiger partial charge in [-0.2, -0.15) is 0 Å². The number of nitrogens with zero attached hydrogens (tertiary/aromatic N) is 1. The van der Waals surface area contributed by atoms with Gasteiger partial charge in [-0.25, -0.2) is 0 Å². The summed E-state index contributed by atoms with van der Waals surface area (Å²) in [6, 6.07) is 8.36. The first-order valence-corrected chi connectivity index (χ1v) is 6.76. The summed E-state index contributed by atoms with van der Waals surface area (Å²) in [5.74, 6) is 0. The van der Waals surface area contributed by atoms with Gasteiger partial charge in [0, 0.05) is 26.2 Å². The normalized spacial score (nSPS) is 14.6. The van der Waals surface area contributed by atoms with Crippen molar-refractivity contribution in [3.63, 3.8) is 0 Å². The molecule has 0 spiro atoms. The van der Waals surface area contributed by atoms with Crippen molar-refractivity contribution in [1.29, 1.82) is 0 Å². The fraction of sp³-hybridized carbons (Fsp3) is 0.600. The molecule has 0 radical (unpaired) electrons. The molecule has 2 atom stereocenters. The standard InChI is InChI=1S/C15H26N2O2/c1-12-6-4-5-7-14(12)15(13(2)16)17(8-10-18)9-11-19-3/h4-7,13,15,18H,8-11,16H2,1-3H3. The largest absolute Gasteiger partial charge is 0.395 e. The van der Waals surface area contributed by atoms with Gasteiger partial charge < -0.3 is 15.6 Å². The molecule has 0 aromatic heterocycles. The number of nitrogens with two attached hydrogens (primary N) is 1. The third kappa shape index (κ3) is 4.58. The van der Waals surface area contributed by atoms with Gasteiger partial charge in [0.1, 0.15) is 0 Å². The summed E-state index contributed by atoms with van der Waals surface area (Å²) >= 11 is 0. The number of aliphatic hydroxyl groups excluding tert-OH is 1. The zero-order valence-corrected chi connectivity index (χ0v) is 12.2. The minimum Gasteiger partial charge on any atom is -0.395 e. The van der Waals surface area contributed by atoms with Crippen LogP contribution in [0.2, 0.25) is 0 Å². The number of aliphatic hydroxyl groups is 1. The van der Waals surface area contributed by atoms with Crippen LogP contribution in [0, 0.1) is 6.92 Å². The molecule has 19 heavy (non-hydrogen) atoms. The second-order valence-corrected chi connectivity index (χ2v) is 4.91. The summed E-state index contributed by atoms with van der Waals surface area (Å²) in [5, 5.41) is 9.26. The summed E-state index contributed by atoms with van der Waals surface area (Å²) in [6.07, 6.45) is 0. The maximum Gasteiger partial charge on any atom is 0.0589 e. The lowest BCUT2D eigenvalue weighted by molar-refractivity contribution is 0.0926. The third-order valence-electron chi connectivity index (χ3n) is 3.37. The molecule has 0 saturated heterocycles. The van der Waals surface area contributed by atoms with E-state index in [-0.39, 0.29) is 18.7 Å². The van der Waals surface area contributed by atoms with Crippen molar-refractivity contribution in [3.8, 4) is 0 Å². The fourth-order valence-corrected chi connectivity index (χ4v) is 2.46. The molecule has 0 heterocycles. The van der Waals surface area contributed by atoms with Gasteiger partial charge in [0.25, 0.3) is 0 Å². The fourth-order valence-electron chi connectivity index (χ4n) is 2.46. The van der Waals surface area contributed by atoms with E-state index in [9.17, 15) is 5.11 Å². The van der Waals surface area contributed by atoms with Gasteiger partial charge in [-0.15, -0.1) is 0 Å². The van der Waals surface area contributed by atoms with Crippen LogP contribution < -0.4 is 5.73 Å². The van der Waals surface area contributed by atoms with Crippen LogP contribution in [-0.2, 0) is 4.74 Å². The average molecular weight is 266 g/mol. The minimum atomic E-state index is -0.00972. The number of hydrogen-bond acceptors (Lipinski definition) is 4. The van der Waals surface area contributed by atoms with E-state index >= 15 is 0 Å². The highest BCUT2D eigenvalue weighted by atomic mass is 16.5. The Bertz CT molecular complexity index is 369. The van der Waals surface area contributed by atoms with Crippen molar-refractivity contribution >= 4 is 0 Å². The predicted molar refractivity (Wildman–Crippen MR) is 78.1 cm³/mol. The second kappa shape index (κ2) is 8.27. The highest BCUT2D eigenvalue weighted by molar-refractivity contribution is 5.29. The van der Waals surface area contributed by atoms with Crippen LogP contribution in [0.25, 0.3) is 0 Å². The first-order valence-electron chi connectivity index (χ1n) is 6.76. The number of aryl methyl sites for hydroxylation is 1. The molecule has 0 aliphatic rings. The van der Waals surface area contributed by atoms with Crippen LogP contribution in [-0.4, -0.2) is 49.5 Å². The van der Waals surface area contributed by atoms with E-state index in [1.165, 1.54) is 11.1 Å². The molecule has 0 saturated carbocycles. The lowest BCUT2D eigenvalue weighted by atomic mass is 9.95. The molecule has 2 unspecified atom stereocenters. The monoisotopic (exact) mass is 266 g/mol. The van der Waals surface area contributed by atoms with E-state index in [2.05, 4.69) is 24.0 Å². The van der Waals surface area contributed by atoms with E-state index in [0.29, 0.717) is 13.2 Å². The van der Waals surface area contributed by atoms with Crippen molar-refractivity contribution in [2.24, 2.45) is 5.73 Å². The smallest absolute Gasteiger partial charge is 0.0589 e. The number of methoxy groups -OCH3 is 1. The van der Waals surface area contributed by atoms with Gasteiger partial charge in [-0.3, -0.25) is 4.90 Å². The Kier molecular flexibility index (Phi) is 7.02. The highest BCUT2D eigenvalue weighted by Gasteiger charge is 2.24. The van der Waals surface area contributed by atoms with Gasteiger partial charge >= 0.3 is 0 Å². The van der Waals surface area contributed by atoms with Gasteiger partial charge in [-0.05, 0) is 25.0 Å². The Morgan fingerprint density at radius 2 is 2.00 bits per heavy atom. The molecular weight excluding hydrogens is 240 g/mol. The Balaban J connectivity index is 2.99. The Labute approximate surface area is 116 Å². The van der Waals surface area contributed by atoms with Gasteiger partial charge in [0.2, 0.25) is 0 Å². The Hall–Kier alpha value is -0.940. The topological polar surface area (TPSA) is 58.7 Å². The van der Waals surface area contributed by atoms with Gasteiger partial charge in [0.05, 0.1) is 19.3 Å². The molecule has 0 amide bonds. The van der Waals surface area contributed by atoms with Crippen LogP contribution in [0.15, 0.2) is 24.3 Å². The second-order valence-electron chi connectivity index (χ2n) is 4.91. The van der Waals surface area contributed by atoms with E-state index in [4.69, 9.17) is 10.5 Å². The van der Waals surface area contributed by atoms with E-state index in [1.54, 1.807) is 7.11 Å². The van der Waals surface area contributed by atoms with Gasteiger partial charge in [0.15, 0.2) is 0 Å². The molecule has 0 bridgehead atoms. The summed E-state index contributed by atoms with van der Waals surface area (Å²) in [7, 11) is 1.69. The maximum absolute atomic E-state index is 9.26. The SMILES string of the molecule is COCCN(CCO)C(c1ccccc1C)C(C)N. The Morgan fingerprint density at radius 1 is 1.32 bits per heavy atom. The van der Waals surface area contributed by atoms with Crippen LogP contribution in [0.5, 0.6) is 0 Å². The molecular formula is C15H26N2O2. The zero-order valence-electron chi connectivity index (χ0n) is 12.2. The molecule has 3 N–H and O–H groups in total. The highest BCUT2D eigenvalue weighted by Crippen LogP contribution is 2.26. The van der Waals surface area contributed by atoms with Crippen LogP contribution >= 0.6 is 0 Å². The van der Waals surface area contributed by atoms with Gasteiger partial charge in [-0.1, -0.05) is 24.3 Å². The van der Waals surface area contributed by atoms with Crippen molar-refractivity contribution < 1.29 is 9.84 Å². The lowest BCUT2D eigenvalue weighted by Gasteiger charge is -2.35. The Morgan fingerprint density at radius 3 is 2.53 bits per heavy atom. The molecule has 108 valence electrons. The number of hydrogen-bond donors (Lipinski definition) is 2. The van der Waals surface area contributed by atoms with Crippen molar-refractivity contribution in [2.75, 3.05) is 33.4 Å². The summed E-state index contributed by atoms with van der Waals surface area (Å²) in [6.45, 7) is 6.22. The lowest BCUT2D eigenvalue weighted by Crippen LogP contribution is -2.42.